The standard InChI is InChI=1S/C16H23N3/c1-16(2)8-4-5-12(16)15-18-13-9-11(10-17)6-7-14(13)19(15)3/h6-7,9,12H,4-5,8,10,17H2,1-3H3. The number of benzene rings is 1. The van der Waals surface area contributed by atoms with Gasteiger partial charge in [-0.15, -0.1) is 0 Å². The number of aryl methyl sites for hydroxylation is 1. The Morgan fingerprint density at radius 3 is 2.84 bits per heavy atom. The van der Waals surface area contributed by atoms with E-state index in [-0.39, 0.29) is 0 Å². The topological polar surface area (TPSA) is 43.8 Å². The van der Waals surface area contributed by atoms with Gasteiger partial charge in [0.1, 0.15) is 5.82 Å². The van der Waals surface area contributed by atoms with Crippen LogP contribution in [0.25, 0.3) is 11.0 Å². The lowest BCUT2D eigenvalue weighted by Crippen LogP contribution is -2.18. The summed E-state index contributed by atoms with van der Waals surface area (Å²) >= 11 is 0. The van der Waals surface area contributed by atoms with Crippen molar-refractivity contribution in [2.24, 2.45) is 18.2 Å². The van der Waals surface area contributed by atoms with Crippen molar-refractivity contribution in [2.45, 2.75) is 45.6 Å². The van der Waals surface area contributed by atoms with Crippen molar-refractivity contribution in [3.05, 3.63) is 29.6 Å². The van der Waals surface area contributed by atoms with Crippen molar-refractivity contribution in [1.29, 1.82) is 0 Å². The number of hydrogen-bond acceptors (Lipinski definition) is 2. The van der Waals surface area contributed by atoms with Crippen LogP contribution in [0.3, 0.4) is 0 Å². The summed E-state index contributed by atoms with van der Waals surface area (Å²) in [7, 11) is 2.14. The van der Waals surface area contributed by atoms with E-state index in [0.717, 1.165) is 11.1 Å². The monoisotopic (exact) mass is 257 g/mol. The lowest BCUT2D eigenvalue weighted by atomic mass is 9.81. The molecular weight excluding hydrogens is 234 g/mol. The lowest BCUT2D eigenvalue weighted by Gasteiger charge is -2.26. The summed E-state index contributed by atoms with van der Waals surface area (Å²) in [6.45, 7) is 5.32. The van der Waals surface area contributed by atoms with Gasteiger partial charge >= 0.3 is 0 Å². The van der Waals surface area contributed by atoms with Crippen LogP contribution in [-0.2, 0) is 13.6 Å². The van der Waals surface area contributed by atoms with Crippen molar-refractivity contribution in [1.82, 2.24) is 9.55 Å². The molecule has 3 nitrogen and oxygen atoms in total. The average molecular weight is 257 g/mol. The fourth-order valence-corrected chi connectivity index (χ4v) is 3.51. The van der Waals surface area contributed by atoms with E-state index in [1.807, 2.05) is 0 Å². The maximum atomic E-state index is 5.72. The molecule has 0 radical (unpaired) electrons. The summed E-state index contributed by atoms with van der Waals surface area (Å²) < 4.78 is 2.27. The first-order valence-corrected chi connectivity index (χ1v) is 7.18. The van der Waals surface area contributed by atoms with E-state index in [9.17, 15) is 0 Å². The zero-order valence-corrected chi connectivity index (χ0v) is 12.1. The lowest BCUT2D eigenvalue weighted by molar-refractivity contribution is 0.318. The zero-order valence-electron chi connectivity index (χ0n) is 12.1. The molecule has 1 aliphatic carbocycles. The van der Waals surface area contributed by atoms with Crippen LogP contribution in [0.15, 0.2) is 18.2 Å². The van der Waals surface area contributed by atoms with E-state index in [4.69, 9.17) is 10.7 Å². The number of hydrogen-bond donors (Lipinski definition) is 1. The molecule has 19 heavy (non-hydrogen) atoms. The Bertz CT molecular complexity index is 610. The quantitative estimate of drug-likeness (QED) is 0.897. The fraction of sp³-hybridized carbons (Fsp3) is 0.562. The highest BCUT2D eigenvalue weighted by Gasteiger charge is 2.38. The number of nitrogens with zero attached hydrogens (tertiary/aromatic N) is 2. The highest BCUT2D eigenvalue weighted by atomic mass is 15.1. The minimum Gasteiger partial charge on any atom is -0.331 e. The van der Waals surface area contributed by atoms with Crippen molar-refractivity contribution in [3.63, 3.8) is 0 Å². The van der Waals surface area contributed by atoms with Crippen molar-refractivity contribution >= 4 is 11.0 Å². The molecule has 2 aromatic rings. The SMILES string of the molecule is Cn1c(C2CCCC2(C)C)nc2cc(CN)ccc21. The minimum absolute atomic E-state index is 0.367. The van der Waals surface area contributed by atoms with Crippen LogP contribution in [-0.4, -0.2) is 9.55 Å². The van der Waals surface area contributed by atoms with Crippen LogP contribution in [0.4, 0.5) is 0 Å². The summed E-state index contributed by atoms with van der Waals surface area (Å²) in [6.07, 6.45) is 3.87. The van der Waals surface area contributed by atoms with E-state index in [0.29, 0.717) is 17.9 Å². The molecule has 0 amide bonds. The van der Waals surface area contributed by atoms with Gasteiger partial charge in [0.05, 0.1) is 11.0 Å². The van der Waals surface area contributed by atoms with Crippen molar-refractivity contribution in [2.75, 3.05) is 0 Å². The molecule has 102 valence electrons. The molecule has 1 saturated carbocycles. The molecule has 0 spiro atoms. The minimum atomic E-state index is 0.367. The van der Waals surface area contributed by atoms with E-state index in [1.165, 1.54) is 30.6 Å². The first kappa shape index (κ1) is 12.7. The molecule has 1 heterocycles. The summed E-state index contributed by atoms with van der Waals surface area (Å²) in [6, 6.07) is 6.38. The molecular formula is C16H23N3. The van der Waals surface area contributed by atoms with Gasteiger partial charge in [-0.05, 0) is 36.0 Å². The van der Waals surface area contributed by atoms with Crippen molar-refractivity contribution in [3.8, 4) is 0 Å². The molecule has 1 fully saturated rings. The number of aromatic nitrogens is 2. The van der Waals surface area contributed by atoms with E-state index >= 15 is 0 Å². The predicted octanol–water partition coefficient (Wildman–Crippen LogP) is 3.33. The maximum Gasteiger partial charge on any atom is 0.113 e. The Morgan fingerprint density at radius 1 is 1.42 bits per heavy atom. The molecule has 3 heteroatoms. The maximum absolute atomic E-state index is 5.72. The van der Waals surface area contributed by atoms with Crippen LogP contribution in [0.1, 0.15) is 50.4 Å². The van der Waals surface area contributed by atoms with Gasteiger partial charge in [-0.25, -0.2) is 4.98 Å². The Kier molecular flexibility index (Phi) is 2.90. The molecule has 1 aliphatic rings. The predicted molar refractivity (Wildman–Crippen MR) is 79.0 cm³/mol. The van der Waals surface area contributed by atoms with Crippen LogP contribution in [0.5, 0.6) is 0 Å². The number of nitrogens with two attached hydrogens (primary N) is 1. The number of imidazole rings is 1. The summed E-state index contributed by atoms with van der Waals surface area (Å²) in [5, 5.41) is 0. The van der Waals surface area contributed by atoms with Crippen LogP contribution in [0.2, 0.25) is 0 Å². The second kappa shape index (κ2) is 4.34. The third-order valence-corrected chi connectivity index (χ3v) is 4.78. The molecule has 1 unspecified atom stereocenters. The third-order valence-electron chi connectivity index (χ3n) is 4.78. The van der Waals surface area contributed by atoms with E-state index in [1.54, 1.807) is 0 Å². The third kappa shape index (κ3) is 1.96. The van der Waals surface area contributed by atoms with Gasteiger partial charge in [-0.1, -0.05) is 26.3 Å². The summed E-state index contributed by atoms with van der Waals surface area (Å²) in [4.78, 5) is 4.91. The molecule has 1 atom stereocenters. The van der Waals surface area contributed by atoms with Gasteiger partial charge in [-0.2, -0.15) is 0 Å². The molecule has 0 saturated heterocycles. The Labute approximate surface area is 114 Å². The first-order chi connectivity index (χ1) is 9.03. The van der Waals surface area contributed by atoms with Crippen LogP contribution >= 0.6 is 0 Å². The highest BCUT2D eigenvalue weighted by molar-refractivity contribution is 5.77. The number of rotatable bonds is 2. The van der Waals surface area contributed by atoms with Gasteiger partial charge in [-0.3, -0.25) is 0 Å². The Hall–Kier alpha value is -1.35. The molecule has 3 rings (SSSR count). The largest absolute Gasteiger partial charge is 0.331 e. The van der Waals surface area contributed by atoms with Gasteiger partial charge in [0.25, 0.3) is 0 Å². The molecule has 1 aromatic heterocycles. The highest BCUT2D eigenvalue weighted by Crippen LogP contribution is 2.48. The average Bonchev–Trinajstić information content (AvgIpc) is 2.89. The normalized spacial score (nSPS) is 22.2. The van der Waals surface area contributed by atoms with Gasteiger partial charge < -0.3 is 10.3 Å². The summed E-state index contributed by atoms with van der Waals surface area (Å²) in [5.74, 6) is 1.82. The second-order valence-electron chi connectivity index (χ2n) is 6.49. The first-order valence-electron chi connectivity index (χ1n) is 7.18. The van der Waals surface area contributed by atoms with Gasteiger partial charge in [0.2, 0.25) is 0 Å². The molecule has 2 N–H and O–H groups in total. The van der Waals surface area contributed by atoms with E-state index in [2.05, 4.69) is 43.7 Å². The van der Waals surface area contributed by atoms with Crippen LogP contribution in [0, 0.1) is 5.41 Å². The van der Waals surface area contributed by atoms with Crippen LogP contribution < -0.4 is 5.73 Å². The Morgan fingerprint density at radius 2 is 2.21 bits per heavy atom. The molecule has 1 aromatic carbocycles. The summed E-state index contributed by atoms with van der Waals surface area (Å²) in [5.41, 5.74) is 9.54. The van der Waals surface area contributed by atoms with Crippen molar-refractivity contribution < 1.29 is 0 Å². The fourth-order valence-electron chi connectivity index (χ4n) is 3.51. The van der Waals surface area contributed by atoms with Gasteiger partial charge in [0, 0.05) is 19.5 Å². The molecule has 0 aliphatic heterocycles. The van der Waals surface area contributed by atoms with E-state index < -0.39 is 0 Å². The second-order valence-corrected chi connectivity index (χ2v) is 6.49. The Balaban J connectivity index is 2.12. The van der Waals surface area contributed by atoms with Gasteiger partial charge in [0.15, 0.2) is 0 Å². The zero-order chi connectivity index (χ0) is 13.6. The number of fused-ring (bicyclic) bond motifs is 1. The molecule has 0 bridgehead atoms. The smallest absolute Gasteiger partial charge is 0.113 e.